The summed E-state index contributed by atoms with van der Waals surface area (Å²) in [5, 5.41) is 0. The monoisotopic (exact) mass is 393 g/mol. The Morgan fingerprint density at radius 1 is 1.07 bits per heavy atom. The fourth-order valence-corrected chi connectivity index (χ4v) is 2.32. The van der Waals surface area contributed by atoms with Gasteiger partial charge in [-0.2, -0.15) is 4.39 Å². The van der Waals surface area contributed by atoms with E-state index in [9.17, 15) is 22.8 Å². The van der Waals surface area contributed by atoms with E-state index in [0.29, 0.717) is 11.6 Å². The third kappa shape index (κ3) is 4.70. The SMILES string of the molecule is COC(=O)/C(=C\N(C)C)C(=O)c1cc(F)c(F)c(OCc2ccccc2)c1F. The van der Waals surface area contributed by atoms with Gasteiger partial charge in [-0.05, 0) is 11.6 Å². The molecule has 0 bridgehead atoms. The molecule has 0 aromatic heterocycles. The van der Waals surface area contributed by atoms with Crippen LogP contribution in [0.1, 0.15) is 15.9 Å². The van der Waals surface area contributed by atoms with E-state index in [1.54, 1.807) is 30.3 Å². The number of rotatable bonds is 7. The molecule has 5 nitrogen and oxygen atoms in total. The van der Waals surface area contributed by atoms with E-state index in [1.807, 2.05) is 0 Å². The first-order valence-electron chi connectivity index (χ1n) is 8.11. The maximum Gasteiger partial charge on any atom is 0.343 e. The summed E-state index contributed by atoms with van der Waals surface area (Å²) in [4.78, 5) is 25.8. The van der Waals surface area contributed by atoms with Gasteiger partial charge in [-0.15, -0.1) is 0 Å². The normalized spacial score (nSPS) is 11.1. The molecule has 2 aromatic rings. The number of Topliss-reactive ketones (excluding diaryl/α,β-unsaturated/α-hetero) is 1. The maximum atomic E-state index is 14.8. The molecule has 8 heteroatoms. The molecule has 0 radical (unpaired) electrons. The summed E-state index contributed by atoms with van der Waals surface area (Å²) >= 11 is 0. The number of halogens is 3. The van der Waals surface area contributed by atoms with E-state index < -0.39 is 46.1 Å². The van der Waals surface area contributed by atoms with Crippen molar-refractivity contribution in [2.24, 2.45) is 0 Å². The maximum absolute atomic E-state index is 14.8. The van der Waals surface area contributed by atoms with Crippen molar-refractivity contribution in [3.63, 3.8) is 0 Å². The predicted molar refractivity (Wildman–Crippen MR) is 95.2 cm³/mol. The number of benzene rings is 2. The van der Waals surface area contributed by atoms with Gasteiger partial charge in [0.15, 0.2) is 17.4 Å². The number of hydrogen-bond donors (Lipinski definition) is 0. The van der Waals surface area contributed by atoms with E-state index in [4.69, 9.17) is 4.74 Å². The molecule has 0 heterocycles. The van der Waals surface area contributed by atoms with Crippen LogP contribution in [-0.2, 0) is 16.1 Å². The molecular formula is C20H18F3NO4. The lowest BCUT2D eigenvalue weighted by molar-refractivity contribution is -0.135. The Balaban J connectivity index is 2.46. The molecule has 0 fully saturated rings. The van der Waals surface area contributed by atoms with Crippen molar-refractivity contribution in [1.29, 1.82) is 0 Å². The van der Waals surface area contributed by atoms with Crippen LogP contribution in [0.2, 0.25) is 0 Å². The van der Waals surface area contributed by atoms with Gasteiger partial charge < -0.3 is 14.4 Å². The molecule has 0 amide bonds. The Bertz CT molecular complexity index is 911. The Morgan fingerprint density at radius 2 is 1.71 bits per heavy atom. The topological polar surface area (TPSA) is 55.8 Å². The van der Waals surface area contributed by atoms with E-state index >= 15 is 0 Å². The molecule has 0 saturated heterocycles. The van der Waals surface area contributed by atoms with Crippen LogP contribution in [-0.4, -0.2) is 37.9 Å². The lowest BCUT2D eigenvalue weighted by Crippen LogP contribution is -2.20. The molecule has 0 atom stereocenters. The zero-order valence-corrected chi connectivity index (χ0v) is 15.5. The van der Waals surface area contributed by atoms with Crippen molar-refractivity contribution in [1.82, 2.24) is 4.90 Å². The van der Waals surface area contributed by atoms with Gasteiger partial charge in [0.2, 0.25) is 11.6 Å². The van der Waals surface area contributed by atoms with Crippen molar-refractivity contribution in [2.45, 2.75) is 6.61 Å². The molecule has 0 aliphatic carbocycles. The summed E-state index contributed by atoms with van der Waals surface area (Å²) in [6.07, 6.45) is 1.10. The third-order valence-corrected chi connectivity index (χ3v) is 3.62. The van der Waals surface area contributed by atoms with Crippen LogP contribution in [0.25, 0.3) is 0 Å². The van der Waals surface area contributed by atoms with Crippen LogP contribution in [0, 0.1) is 17.5 Å². The molecule has 0 aliphatic rings. The first kappa shape index (κ1) is 21.0. The van der Waals surface area contributed by atoms with Gasteiger partial charge in [0.25, 0.3) is 0 Å². The van der Waals surface area contributed by atoms with E-state index in [-0.39, 0.29) is 6.61 Å². The Labute approximate surface area is 160 Å². The molecular weight excluding hydrogens is 375 g/mol. The standard InChI is InChI=1S/C20H18F3NO4/c1-24(2)10-14(20(26)27-3)18(25)13-9-15(21)17(23)19(16(13)22)28-11-12-7-5-4-6-8-12/h4-10H,11H2,1-3H3/b14-10-. The average molecular weight is 393 g/mol. The van der Waals surface area contributed by atoms with E-state index in [2.05, 4.69) is 4.74 Å². The second-order valence-corrected chi connectivity index (χ2v) is 5.96. The number of carbonyl (C=O) groups excluding carboxylic acids is 2. The Kier molecular flexibility index (Phi) is 6.81. The van der Waals surface area contributed by atoms with Gasteiger partial charge in [-0.25, -0.2) is 13.6 Å². The van der Waals surface area contributed by atoms with Crippen molar-refractivity contribution in [3.8, 4) is 5.75 Å². The largest absolute Gasteiger partial charge is 0.483 e. The highest BCUT2D eigenvalue weighted by Gasteiger charge is 2.29. The first-order valence-corrected chi connectivity index (χ1v) is 8.11. The number of carbonyl (C=O) groups is 2. The minimum Gasteiger partial charge on any atom is -0.483 e. The van der Waals surface area contributed by atoms with Crippen LogP contribution in [0.4, 0.5) is 13.2 Å². The number of hydrogen-bond acceptors (Lipinski definition) is 5. The van der Waals surface area contributed by atoms with Crippen LogP contribution in [0.15, 0.2) is 48.2 Å². The van der Waals surface area contributed by atoms with Gasteiger partial charge in [0.1, 0.15) is 12.2 Å². The second-order valence-electron chi connectivity index (χ2n) is 5.96. The zero-order chi connectivity index (χ0) is 20.8. The van der Waals surface area contributed by atoms with Gasteiger partial charge in [-0.1, -0.05) is 30.3 Å². The lowest BCUT2D eigenvalue weighted by atomic mass is 10.0. The Hall–Kier alpha value is -3.29. The fourth-order valence-electron chi connectivity index (χ4n) is 2.32. The summed E-state index contributed by atoms with van der Waals surface area (Å²) in [7, 11) is 4.08. The summed E-state index contributed by atoms with van der Waals surface area (Å²) in [5.74, 6) is -7.71. The fraction of sp³-hybridized carbons (Fsp3) is 0.200. The highest BCUT2D eigenvalue weighted by Crippen LogP contribution is 2.29. The summed E-state index contributed by atoms with van der Waals surface area (Å²) < 4.78 is 52.5. The minimum atomic E-state index is -1.57. The number of ketones is 1. The molecule has 0 saturated carbocycles. The molecule has 2 aromatic carbocycles. The molecule has 0 spiro atoms. The molecule has 28 heavy (non-hydrogen) atoms. The van der Waals surface area contributed by atoms with Gasteiger partial charge in [-0.3, -0.25) is 4.79 Å². The first-order chi connectivity index (χ1) is 13.3. The quantitative estimate of drug-likeness (QED) is 0.180. The zero-order valence-electron chi connectivity index (χ0n) is 15.5. The van der Waals surface area contributed by atoms with Crippen molar-refractivity contribution < 1.29 is 32.2 Å². The minimum absolute atomic E-state index is 0.247. The van der Waals surface area contributed by atoms with Crippen LogP contribution in [0.3, 0.4) is 0 Å². The summed E-state index contributed by atoms with van der Waals surface area (Å²) in [5.41, 5.74) is -0.812. The summed E-state index contributed by atoms with van der Waals surface area (Å²) in [6, 6.07) is 8.82. The number of methoxy groups -OCH3 is 1. The smallest absolute Gasteiger partial charge is 0.343 e. The van der Waals surface area contributed by atoms with Crippen LogP contribution < -0.4 is 4.74 Å². The average Bonchev–Trinajstić information content (AvgIpc) is 2.68. The Morgan fingerprint density at radius 3 is 2.29 bits per heavy atom. The van der Waals surface area contributed by atoms with Crippen molar-refractivity contribution in [3.05, 3.63) is 76.7 Å². The highest BCUT2D eigenvalue weighted by atomic mass is 19.2. The lowest BCUT2D eigenvalue weighted by Gasteiger charge is -2.13. The van der Waals surface area contributed by atoms with Gasteiger partial charge in [0.05, 0.1) is 12.7 Å². The molecule has 2 rings (SSSR count). The molecule has 0 N–H and O–H groups in total. The molecule has 0 unspecified atom stereocenters. The number of ether oxygens (including phenoxy) is 2. The van der Waals surface area contributed by atoms with Gasteiger partial charge >= 0.3 is 5.97 Å². The molecule has 0 aliphatic heterocycles. The molecule has 148 valence electrons. The van der Waals surface area contributed by atoms with Crippen LogP contribution >= 0.6 is 0 Å². The van der Waals surface area contributed by atoms with E-state index in [0.717, 1.165) is 13.3 Å². The van der Waals surface area contributed by atoms with Crippen molar-refractivity contribution >= 4 is 11.8 Å². The van der Waals surface area contributed by atoms with Gasteiger partial charge in [0, 0.05) is 20.3 Å². The van der Waals surface area contributed by atoms with E-state index in [1.165, 1.54) is 19.0 Å². The third-order valence-electron chi connectivity index (χ3n) is 3.62. The van der Waals surface area contributed by atoms with Crippen LogP contribution in [0.5, 0.6) is 5.75 Å². The highest BCUT2D eigenvalue weighted by molar-refractivity contribution is 6.24. The second kappa shape index (κ2) is 9.07. The summed E-state index contributed by atoms with van der Waals surface area (Å²) in [6.45, 7) is -0.247. The number of esters is 1. The predicted octanol–water partition coefficient (Wildman–Crippen LogP) is 3.48. The van der Waals surface area contributed by atoms with Crippen molar-refractivity contribution in [2.75, 3.05) is 21.2 Å². The number of nitrogens with zero attached hydrogens (tertiary/aromatic N) is 1.